The van der Waals surface area contributed by atoms with Crippen LogP contribution in [0.4, 0.5) is 9.52 Å². The number of benzene rings is 2. The van der Waals surface area contributed by atoms with Crippen LogP contribution in [-0.4, -0.2) is 43.7 Å². The van der Waals surface area contributed by atoms with E-state index in [9.17, 15) is 14.0 Å². The van der Waals surface area contributed by atoms with Crippen molar-refractivity contribution in [3.8, 4) is 5.69 Å². The van der Waals surface area contributed by atoms with Crippen LogP contribution in [0.1, 0.15) is 33.4 Å². The van der Waals surface area contributed by atoms with Gasteiger partial charge in [0, 0.05) is 0 Å². The molecule has 0 N–H and O–H groups in total. The Labute approximate surface area is 198 Å². The van der Waals surface area contributed by atoms with Crippen molar-refractivity contribution in [3.05, 3.63) is 82.4 Å². The number of nitrogens with zero attached hydrogens (tertiary/aromatic N) is 6. The van der Waals surface area contributed by atoms with E-state index in [1.54, 1.807) is 26.0 Å². The fourth-order valence-corrected chi connectivity index (χ4v) is 4.21. The molecule has 34 heavy (non-hydrogen) atoms. The van der Waals surface area contributed by atoms with E-state index in [1.807, 2.05) is 24.3 Å². The lowest BCUT2D eigenvalue weighted by Crippen LogP contribution is -2.31. The second-order valence-electron chi connectivity index (χ2n) is 7.34. The number of halogens is 1. The van der Waals surface area contributed by atoms with Crippen LogP contribution in [0.3, 0.4) is 0 Å². The van der Waals surface area contributed by atoms with Gasteiger partial charge in [-0.25, -0.2) is 18.9 Å². The van der Waals surface area contributed by atoms with Crippen LogP contribution in [-0.2, 0) is 22.5 Å². The summed E-state index contributed by atoms with van der Waals surface area (Å²) in [6.45, 7) is 3.84. The maximum atomic E-state index is 13.4. The second-order valence-corrected chi connectivity index (χ2v) is 8.31. The summed E-state index contributed by atoms with van der Waals surface area (Å²) in [6.07, 6.45) is 1.58. The molecule has 0 aliphatic carbocycles. The lowest BCUT2D eigenvalue weighted by atomic mass is 10.1. The minimum Gasteiger partial charge on any atom is -0.462 e. The molecule has 0 unspecified atom stereocenters. The lowest BCUT2D eigenvalue weighted by molar-refractivity contribution is -0.118. The van der Waals surface area contributed by atoms with Crippen LogP contribution >= 0.6 is 11.3 Å². The van der Waals surface area contributed by atoms with Crippen LogP contribution < -0.4 is 4.90 Å². The zero-order valence-corrected chi connectivity index (χ0v) is 19.3. The summed E-state index contributed by atoms with van der Waals surface area (Å²) in [6, 6.07) is 13.2. The molecule has 0 fully saturated rings. The number of aryl methyl sites for hydroxylation is 1. The van der Waals surface area contributed by atoms with Gasteiger partial charge in [0.1, 0.15) is 17.0 Å². The molecule has 0 atom stereocenters. The molecule has 4 rings (SSSR count). The molecule has 4 aromatic rings. The Balaban J connectivity index is 1.59. The van der Waals surface area contributed by atoms with Gasteiger partial charge in [-0.2, -0.15) is 0 Å². The predicted octanol–water partition coefficient (Wildman–Crippen LogP) is 3.52. The Kier molecular flexibility index (Phi) is 7.02. The van der Waals surface area contributed by atoms with Crippen LogP contribution in [0.25, 0.3) is 5.69 Å². The Morgan fingerprint density at radius 1 is 1.09 bits per heavy atom. The molecule has 0 aliphatic rings. The van der Waals surface area contributed by atoms with Crippen molar-refractivity contribution < 1.29 is 18.7 Å². The van der Waals surface area contributed by atoms with Gasteiger partial charge in [-0.3, -0.25) is 9.69 Å². The van der Waals surface area contributed by atoms with Gasteiger partial charge in [0.25, 0.3) is 0 Å². The van der Waals surface area contributed by atoms with E-state index in [0.29, 0.717) is 15.7 Å². The summed E-state index contributed by atoms with van der Waals surface area (Å²) in [5, 5.41) is 11.4. The number of aromatic nitrogens is 5. The number of thiazole rings is 1. The Bertz CT molecular complexity index is 1270. The molecule has 1 amide bonds. The van der Waals surface area contributed by atoms with Gasteiger partial charge in [0.15, 0.2) is 5.13 Å². The van der Waals surface area contributed by atoms with Crippen molar-refractivity contribution in [1.82, 2.24) is 25.2 Å². The molecular weight excluding hydrogens is 459 g/mol. The molecule has 174 valence electrons. The molecule has 0 saturated heterocycles. The molecule has 9 nitrogen and oxygen atoms in total. The van der Waals surface area contributed by atoms with Gasteiger partial charge in [-0.05, 0) is 59.7 Å². The van der Waals surface area contributed by atoms with E-state index >= 15 is 0 Å². The van der Waals surface area contributed by atoms with Gasteiger partial charge in [-0.15, -0.1) is 5.10 Å². The van der Waals surface area contributed by atoms with Crippen LogP contribution in [0.2, 0.25) is 0 Å². The van der Waals surface area contributed by atoms with Gasteiger partial charge in [0.2, 0.25) is 5.91 Å². The summed E-state index contributed by atoms with van der Waals surface area (Å²) in [4.78, 5) is 32.0. The number of hydrogen-bond acceptors (Lipinski definition) is 8. The summed E-state index contributed by atoms with van der Waals surface area (Å²) in [5.74, 6) is -1.06. The number of hydrogen-bond donors (Lipinski definition) is 0. The first-order valence-corrected chi connectivity index (χ1v) is 11.3. The van der Waals surface area contributed by atoms with Crippen molar-refractivity contribution in [1.29, 1.82) is 0 Å². The highest BCUT2D eigenvalue weighted by molar-refractivity contribution is 7.17. The monoisotopic (exact) mass is 480 g/mol. The smallest absolute Gasteiger partial charge is 0.350 e. The number of rotatable bonds is 8. The van der Waals surface area contributed by atoms with E-state index in [2.05, 4.69) is 20.5 Å². The zero-order chi connectivity index (χ0) is 24.1. The molecule has 0 radical (unpaired) electrons. The summed E-state index contributed by atoms with van der Waals surface area (Å²) in [7, 11) is 0. The third kappa shape index (κ3) is 5.31. The highest BCUT2D eigenvalue weighted by atomic mass is 32.1. The van der Waals surface area contributed by atoms with Crippen LogP contribution in [0.5, 0.6) is 0 Å². The van der Waals surface area contributed by atoms with Crippen LogP contribution in [0.15, 0.2) is 54.9 Å². The highest BCUT2D eigenvalue weighted by Gasteiger charge is 2.24. The van der Waals surface area contributed by atoms with E-state index in [0.717, 1.165) is 28.2 Å². The van der Waals surface area contributed by atoms with Gasteiger partial charge in [0.05, 0.1) is 31.0 Å². The molecule has 2 aromatic carbocycles. The predicted molar refractivity (Wildman–Crippen MR) is 123 cm³/mol. The average Bonchev–Trinajstić information content (AvgIpc) is 3.49. The van der Waals surface area contributed by atoms with E-state index in [1.165, 1.54) is 28.0 Å². The molecule has 2 heterocycles. The largest absolute Gasteiger partial charge is 0.462 e. The van der Waals surface area contributed by atoms with E-state index in [4.69, 9.17) is 4.74 Å². The van der Waals surface area contributed by atoms with Crippen molar-refractivity contribution >= 4 is 28.3 Å². The second kappa shape index (κ2) is 10.3. The Morgan fingerprint density at radius 2 is 1.79 bits per heavy atom. The molecule has 0 spiro atoms. The van der Waals surface area contributed by atoms with Crippen molar-refractivity contribution in [3.63, 3.8) is 0 Å². The molecular formula is C23H21FN6O3S. The minimum atomic E-state index is -0.476. The first-order chi connectivity index (χ1) is 16.4. The lowest BCUT2D eigenvalue weighted by Gasteiger charge is -2.20. The SMILES string of the molecule is CCOC(=O)c1sc(N(Cc2ccc(F)cc2)C(=O)Cc2ccc(-n3cnnn3)cc2)nc1C. The van der Waals surface area contributed by atoms with Crippen molar-refractivity contribution in [2.45, 2.75) is 26.8 Å². The van der Waals surface area contributed by atoms with Gasteiger partial charge >= 0.3 is 5.97 Å². The third-order valence-corrected chi connectivity index (χ3v) is 6.10. The molecule has 2 aromatic heterocycles. The van der Waals surface area contributed by atoms with Gasteiger partial charge in [-0.1, -0.05) is 35.6 Å². The highest BCUT2D eigenvalue weighted by Crippen LogP contribution is 2.29. The maximum Gasteiger partial charge on any atom is 0.350 e. The number of carbonyl (C=O) groups excluding carboxylic acids is 2. The average molecular weight is 481 g/mol. The van der Waals surface area contributed by atoms with Crippen molar-refractivity contribution in [2.75, 3.05) is 11.5 Å². The minimum absolute atomic E-state index is 0.102. The Morgan fingerprint density at radius 3 is 2.44 bits per heavy atom. The summed E-state index contributed by atoms with van der Waals surface area (Å²) in [5.41, 5.74) is 2.76. The van der Waals surface area contributed by atoms with Crippen LogP contribution in [0, 0.1) is 12.7 Å². The number of anilines is 1. The topological polar surface area (TPSA) is 103 Å². The number of amides is 1. The number of esters is 1. The first-order valence-electron chi connectivity index (χ1n) is 10.5. The molecule has 0 saturated carbocycles. The number of ether oxygens (including phenoxy) is 1. The summed E-state index contributed by atoms with van der Waals surface area (Å²) < 4.78 is 20.0. The molecule has 0 aliphatic heterocycles. The molecule has 0 bridgehead atoms. The Hall–Kier alpha value is -3.99. The quantitative estimate of drug-likeness (QED) is 0.356. The fourth-order valence-electron chi connectivity index (χ4n) is 3.23. The fraction of sp³-hybridized carbons (Fsp3) is 0.217. The zero-order valence-electron chi connectivity index (χ0n) is 18.5. The normalized spacial score (nSPS) is 10.8. The van der Waals surface area contributed by atoms with Gasteiger partial charge < -0.3 is 4.74 Å². The van der Waals surface area contributed by atoms with Crippen molar-refractivity contribution in [2.24, 2.45) is 0 Å². The molecule has 11 heteroatoms. The standard InChI is InChI=1S/C23H21FN6O3S/c1-3-33-22(32)21-15(2)26-23(34-21)29(13-17-4-8-18(24)9-5-17)20(31)12-16-6-10-19(11-7-16)30-14-25-27-28-30/h4-11,14H,3,12-13H2,1-2H3. The number of tetrazole rings is 1. The first kappa shape index (κ1) is 23.2. The maximum absolute atomic E-state index is 13.4. The number of carbonyl (C=O) groups is 2. The summed E-state index contributed by atoms with van der Waals surface area (Å²) >= 11 is 1.10. The van der Waals surface area contributed by atoms with E-state index < -0.39 is 5.97 Å². The van der Waals surface area contributed by atoms with E-state index in [-0.39, 0.29) is 31.3 Å². The third-order valence-electron chi connectivity index (χ3n) is 4.94.